The molecule has 14 heavy (non-hydrogen) atoms. The van der Waals surface area contributed by atoms with Gasteiger partial charge in [-0.3, -0.25) is 0 Å². The highest BCUT2D eigenvalue weighted by Gasteiger charge is 2.14. The Morgan fingerprint density at radius 3 is 2.79 bits per heavy atom. The molecule has 0 fully saturated rings. The molecule has 0 unspecified atom stereocenters. The molecule has 0 saturated heterocycles. The third-order valence-corrected chi connectivity index (χ3v) is 2.19. The standard InChI is InChI=1S/C9H6N2O2S/c12-11(13)9-8(14)5-6-3-1-2-4-7(6)10-9/h1-5,14H. The van der Waals surface area contributed by atoms with E-state index in [-0.39, 0.29) is 10.7 Å². The number of rotatable bonds is 1. The average molecular weight is 206 g/mol. The molecule has 1 aromatic carbocycles. The van der Waals surface area contributed by atoms with Gasteiger partial charge < -0.3 is 10.1 Å². The van der Waals surface area contributed by atoms with Crippen molar-refractivity contribution in [3.05, 3.63) is 40.4 Å². The van der Waals surface area contributed by atoms with Crippen LogP contribution in [0, 0.1) is 10.1 Å². The molecule has 0 bridgehead atoms. The lowest BCUT2D eigenvalue weighted by atomic mass is 10.2. The number of nitro groups is 1. The van der Waals surface area contributed by atoms with Gasteiger partial charge in [0.05, 0.1) is 0 Å². The molecule has 0 radical (unpaired) electrons. The van der Waals surface area contributed by atoms with E-state index >= 15 is 0 Å². The Kier molecular flexibility index (Phi) is 2.09. The summed E-state index contributed by atoms with van der Waals surface area (Å²) in [7, 11) is 0. The molecule has 2 aromatic rings. The highest BCUT2D eigenvalue weighted by Crippen LogP contribution is 2.24. The first kappa shape index (κ1) is 8.96. The lowest BCUT2D eigenvalue weighted by Crippen LogP contribution is -1.93. The molecule has 1 heterocycles. The number of thiol groups is 1. The molecule has 0 spiro atoms. The van der Waals surface area contributed by atoms with Crippen LogP contribution in [0.1, 0.15) is 0 Å². The van der Waals surface area contributed by atoms with Crippen LogP contribution in [0.3, 0.4) is 0 Å². The van der Waals surface area contributed by atoms with E-state index in [9.17, 15) is 10.1 Å². The third-order valence-electron chi connectivity index (χ3n) is 1.86. The van der Waals surface area contributed by atoms with Crippen molar-refractivity contribution in [3.63, 3.8) is 0 Å². The Morgan fingerprint density at radius 2 is 2.07 bits per heavy atom. The summed E-state index contributed by atoms with van der Waals surface area (Å²) < 4.78 is 0. The van der Waals surface area contributed by atoms with E-state index in [4.69, 9.17) is 0 Å². The van der Waals surface area contributed by atoms with E-state index in [2.05, 4.69) is 17.6 Å². The second kappa shape index (κ2) is 3.26. The number of benzene rings is 1. The highest BCUT2D eigenvalue weighted by atomic mass is 32.1. The van der Waals surface area contributed by atoms with Crippen LogP contribution >= 0.6 is 12.6 Å². The largest absolute Gasteiger partial charge is 0.377 e. The Labute approximate surface area is 85.1 Å². The van der Waals surface area contributed by atoms with Crippen LogP contribution in [0.25, 0.3) is 10.9 Å². The Bertz CT molecular complexity index is 513. The highest BCUT2D eigenvalue weighted by molar-refractivity contribution is 7.80. The number of para-hydroxylation sites is 1. The van der Waals surface area contributed by atoms with E-state index in [0.717, 1.165) is 5.39 Å². The minimum Gasteiger partial charge on any atom is -0.358 e. The van der Waals surface area contributed by atoms with Crippen molar-refractivity contribution >= 4 is 29.3 Å². The van der Waals surface area contributed by atoms with Crippen LogP contribution in [-0.2, 0) is 0 Å². The van der Waals surface area contributed by atoms with Gasteiger partial charge in [0, 0.05) is 5.39 Å². The summed E-state index contributed by atoms with van der Waals surface area (Å²) in [6.45, 7) is 0. The second-order valence-electron chi connectivity index (χ2n) is 2.78. The summed E-state index contributed by atoms with van der Waals surface area (Å²) in [6, 6.07) is 8.85. The van der Waals surface area contributed by atoms with Crippen molar-refractivity contribution in [2.75, 3.05) is 0 Å². The minimum absolute atomic E-state index is 0.202. The number of nitrogens with zero attached hydrogens (tertiary/aromatic N) is 2. The molecule has 0 aliphatic heterocycles. The maximum Gasteiger partial charge on any atom is 0.377 e. The topological polar surface area (TPSA) is 56.0 Å². The van der Waals surface area contributed by atoms with Gasteiger partial charge in [-0.2, -0.15) is 0 Å². The van der Waals surface area contributed by atoms with Crippen LogP contribution in [-0.4, -0.2) is 9.91 Å². The first-order valence-corrected chi connectivity index (χ1v) is 4.36. The minimum atomic E-state index is -0.533. The lowest BCUT2D eigenvalue weighted by Gasteiger charge is -1.97. The number of fused-ring (bicyclic) bond motifs is 1. The third kappa shape index (κ3) is 1.42. The normalized spacial score (nSPS) is 10.4. The van der Waals surface area contributed by atoms with Gasteiger partial charge in [-0.05, 0) is 22.0 Å². The molecular formula is C9H6N2O2S. The zero-order valence-corrected chi connectivity index (χ0v) is 7.94. The van der Waals surface area contributed by atoms with Gasteiger partial charge in [-0.15, -0.1) is 12.6 Å². The van der Waals surface area contributed by atoms with Gasteiger partial charge in [0.1, 0.15) is 4.90 Å². The Morgan fingerprint density at radius 1 is 1.36 bits per heavy atom. The summed E-state index contributed by atoms with van der Waals surface area (Å²) in [5.74, 6) is -0.202. The fraction of sp³-hybridized carbons (Fsp3) is 0. The van der Waals surface area contributed by atoms with Gasteiger partial charge in [-0.1, -0.05) is 18.2 Å². The molecule has 0 aliphatic carbocycles. The van der Waals surface area contributed by atoms with E-state index in [1.165, 1.54) is 0 Å². The van der Waals surface area contributed by atoms with E-state index in [1.54, 1.807) is 18.2 Å². The molecule has 2 rings (SSSR count). The predicted octanol–water partition coefficient (Wildman–Crippen LogP) is 2.43. The molecule has 0 amide bonds. The maximum absolute atomic E-state index is 10.6. The van der Waals surface area contributed by atoms with Gasteiger partial charge in [0.2, 0.25) is 0 Å². The quantitative estimate of drug-likeness (QED) is 0.443. The average Bonchev–Trinajstić information content (AvgIpc) is 2.16. The summed E-state index contributed by atoms with van der Waals surface area (Å²) >= 11 is 4.01. The second-order valence-corrected chi connectivity index (χ2v) is 3.26. The molecule has 0 saturated carbocycles. The van der Waals surface area contributed by atoms with Crippen molar-refractivity contribution in [2.24, 2.45) is 0 Å². The Hall–Kier alpha value is -1.62. The Balaban J connectivity index is 2.77. The van der Waals surface area contributed by atoms with Crippen LogP contribution in [0.4, 0.5) is 5.82 Å². The van der Waals surface area contributed by atoms with Crippen LogP contribution < -0.4 is 0 Å². The van der Waals surface area contributed by atoms with Crippen molar-refractivity contribution in [1.29, 1.82) is 0 Å². The summed E-state index contributed by atoms with van der Waals surface area (Å²) in [6.07, 6.45) is 0. The van der Waals surface area contributed by atoms with Gasteiger partial charge in [0.25, 0.3) is 0 Å². The zero-order chi connectivity index (χ0) is 10.1. The predicted molar refractivity (Wildman–Crippen MR) is 55.6 cm³/mol. The number of hydrogen-bond donors (Lipinski definition) is 1. The van der Waals surface area contributed by atoms with Gasteiger partial charge in [-0.25, -0.2) is 0 Å². The van der Waals surface area contributed by atoms with Crippen LogP contribution in [0.5, 0.6) is 0 Å². The van der Waals surface area contributed by atoms with Gasteiger partial charge in [0.15, 0.2) is 5.52 Å². The molecule has 5 heteroatoms. The molecular weight excluding hydrogens is 200 g/mol. The smallest absolute Gasteiger partial charge is 0.358 e. The van der Waals surface area contributed by atoms with Crippen molar-refractivity contribution in [1.82, 2.24) is 4.98 Å². The maximum atomic E-state index is 10.6. The number of aromatic nitrogens is 1. The SMILES string of the molecule is O=[N+]([O-])c1nc2ccccc2cc1S. The molecule has 0 N–H and O–H groups in total. The fourth-order valence-electron chi connectivity index (χ4n) is 1.23. The molecule has 0 aliphatic rings. The van der Waals surface area contributed by atoms with E-state index < -0.39 is 4.92 Å². The van der Waals surface area contributed by atoms with Crippen LogP contribution in [0.2, 0.25) is 0 Å². The lowest BCUT2D eigenvalue weighted by molar-refractivity contribution is -0.392. The van der Waals surface area contributed by atoms with E-state index in [0.29, 0.717) is 5.52 Å². The fourth-order valence-corrected chi connectivity index (χ4v) is 1.50. The number of pyridine rings is 1. The summed E-state index contributed by atoms with van der Waals surface area (Å²) in [5.41, 5.74) is 0.608. The monoisotopic (exact) mass is 206 g/mol. The van der Waals surface area contributed by atoms with E-state index in [1.807, 2.05) is 12.1 Å². The van der Waals surface area contributed by atoms with Crippen molar-refractivity contribution in [3.8, 4) is 0 Å². The summed E-state index contributed by atoms with van der Waals surface area (Å²) in [5, 5.41) is 11.4. The zero-order valence-electron chi connectivity index (χ0n) is 7.04. The van der Waals surface area contributed by atoms with Crippen molar-refractivity contribution in [2.45, 2.75) is 4.90 Å². The first-order chi connectivity index (χ1) is 6.68. The van der Waals surface area contributed by atoms with Crippen molar-refractivity contribution < 1.29 is 4.92 Å². The molecule has 4 nitrogen and oxygen atoms in total. The molecule has 70 valence electrons. The molecule has 1 aromatic heterocycles. The van der Waals surface area contributed by atoms with Gasteiger partial charge >= 0.3 is 5.82 Å². The first-order valence-electron chi connectivity index (χ1n) is 3.91. The van der Waals surface area contributed by atoms with Crippen LogP contribution in [0.15, 0.2) is 35.2 Å². The summed E-state index contributed by atoms with van der Waals surface area (Å²) in [4.78, 5) is 14.2. The molecule has 0 atom stereocenters. The number of hydrogen-bond acceptors (Lipinski definition) is 4.